The molecule has 0 aliphatic heterocycles. The SMILES string of the molecule is CCOC(=O)C(=O)NCCc1ccc(F)cc1F. The van der Waals surface area contributed by atoms with Gasteiger partial charge in [0.25, 0.3) is 0 Å². The Balaban J connectivity index is 2.42. The summed E-state index contributed by atoms with van der Waals surface area (Å²) < 4.78 is 30.3. The number of amides is 1. The van der Waals surface area contributed by atoms with Crippen LogP contribution in [0.25, 0.3) is 0 Å². The van der Waals surface area contributed by atoms with E-state index in [0.717, 1.165) is 12.1 Å². The third-order valence-corrected chi connectivity index (χ3v) is 2.16. The van der Waals surface area contributed by atoms with Gasteiger partial charge in [0, 0.05) is 12.6 Å². The standard InChI is InChI=1S/C12H13F2NO3/c1-2-18-12(17)11(16)15-6-5-8-3-4-9(13)7-10(8)14/h3-4,7H,2,5-6H2,1H3,(H,15,16). The van der Waals surface area contributed by atoms with Crippen molar-refractivity contribution in [2.24, 2.45) is 0 Å². The molecule has 1 aromatic rings. The lowest BCUT2D eigenvalue weighted by atomic mass is 10.1. The molecule has 4 nitrogen and oxygen atoms in total. The van der Waals surface area contributed by atoms with E-state index in [9.17, 15) is 18.4 Å². The number of carbonyl (C=O) groups is 2. The molecule has 0 aliphatic carbocycles. The third kappa shape index (κ3) is 4.12. The fourth-order valence-corrected chi connectivity index (χ4v) is 1.30. The van der Waals surface area contributed by atoms with Crippen molar-refractivity contribution in [3.05, 3.63) is 35.4 Å². The van der Waals surface area contributed by atoms with E-state index in [4.69, 9.17) is 0 Å². The fourth-order valence-electron chi connectivity index (χ4n) is 1.30. The lowest BCUT2D eigenvalue weighted by Gasteiger charge is -2.05. The summed E-state index contributed by atoms with van der Waals surface area (Å²) in [5.41, 5.74) is 0.264. The lowest BCUT2D eigenvalue weighted by molar-refractivity contribution is -0.154. The molecule has 0 atom stereocenters. The Labute approximate surface area is 103 Å². The van der Waals surface area contributed by atoms with Crippen molar-refractivity contribution in [2.75, 3.05) is 13.2 Å². The van der Waals surface area contributed by atoms with Crippen molar-refractivity contribution in [3.63, 3.8) is 0 Å². The first-order valence-electron chi connectivity index (χ1n) is 5.43. The first kappa shape index (κ1) is 14.1. The summed E-state index contributed by atoms with van der Waals surface area (Å²) in [6, 6.07) is 3.19. The third-order valence-electron chi connectivity index (χ3n) is 2.16. The van der Waals surface area contributed by atoms with Gasteiger partial charge >= 0.3 is 11.9 Å². The van der Waals surface area contributed by atoms with Crippen LogP contribution < -0.4 is 5.32 Å². The Morgan fingerprint density at radius 3 is 2.67 bits per heavy atom. The van der Waals surface area contributed by atoms with E-state index < -0.39 is 23.5 Å². The Hall–Kier alpha value is -1.98. The molecular formula is C12H13F2NO3. The summed E-state index contributed by atoms with van der Waals surface area (Å²) in [6.45, 7) is 1.76. The van der Waals surface area contributed by atoms with Gasteiger partial charge in [-0.15, -0.1) is 0 Å². The van der Waals surface area contributed by atoms with Gasteiger partial charge < -0.3 is 10.1 Å². The van der Waals surface area contributed by atoms with Gasteiger partial charge in [-0.2, -0.15) is 0 Å². The van der Waals surface area contributed by atoms with E-state index in [2.05, 4.69) is 10.1 Å². The van der Waals surface area contributed by atoms with Crippen LogP contribution in [0.1, 0.15) is 12.5 Å². The summed E-state index contributed by atoms with van der Waals surface area (Å²) >= 11 is 0. The minimum atomic E-state index is -0.975. The minimum Gasteiger partial charge on any atom is -0.459 e. The van der Waals surface area contributed by atoms with Gasteiger partial charge in [-0.05, 0) is 25.0 Å². The van der Waals surface area contributed by atoms with E-state index in [1.54, 1.807) is 6.92 Å². The summed E-state index contributed by atoms with van der Waals surface area (Å²) in [4.78, 5) is 22.1. The Kier molecular flexibility index (Phi) is 5.23. The smallest absolute Gasteiger partial charge is 0.396 e. The second kappa shape index (κ2) is 6.68. The average molecular weight is 257 g/mol. The zero-order valence-electron chi connectivity index (χ0n) is 9.83. The van der Waals surface area contributed by atoms with Gasteiger partial charge in [-0.3, -0.25) is 4.79 Å². The topological polar surface area (TPSA) is 55.4 Å². The van der Waals surface area contributed by atoms with Gasteiger partial charge in [0.2, 0.25) is 0 Å². The first-order chi connectivity index (χ1) is 8.54. The molecule has 1 N–H and O–H groups in total. The normalized spacial score (nSPS) is 9.94. The Morgan fingerprint density at radius 2 is 2.06 bits per heavy atom. The molecule has 0 saturated carbocycles. The van der Waals surface area contributed by atoms with Crippen LogP contribution in [-0.4, -0.2) is 25.0 Å². The molecule has 0 heterocycles. The molecule has 6 heteroatoms. The van der Waals surface area contributed by atoms with Crippen LogP contribution in [-0.2, 0) is 20.7 Å². The fraction of sp³-hybridized carbons (Fsp3) is 0.333. The molecule has 0 bridgehead atoms. The molecule has 0 saturated heterocycles. The van der Waals surface area contributed by atoms with Gasteiger partial charge in [0.15, 0.2) is 0 Å². The van der Waals surface area contributed by atoms with Crippen molar-refractivity contribution in [3.8, 4) is 0 Å². The molecular weight excluding hydrogens is 244 g/mol. The molecule has 0 radical (unpaired) electrons. The summed E-state index contributed by atoms with van der Waals surface area (Å²) in [7, 11) is 0. The summed E-state index contributed by atoms with van der Waals surface area (Å²) in [6.07, 6.45) is 0.164. The van der Waals surface area contributed by atoms with E-state index in [1.165, 1.54) is 6.07 Å². The van der Waals surface area contributed by atoms with E-state index in [1.807, 2.05) is 0 Å². The van der Waals surface area contributed by atoms with Crippen LogP contribution >= 0.6 is 0 Å². The monoisotopic (exact) mass is 257 g/mol. The molecule has 0 spiro atoms. The number of benzene rings is 1. The zero-order chi connectivity index (χ0) is 13.5. The molecule has 1 rings (SSSR count). The molecule has 98 valence electrons. The average Bonchev–Trinajstić information content (AvgIpc) is 2.32. The highest BCUT2D eigenvalue weighted by atomic mass is 19.1. The maximum absolute atomic E-state index is 13.2. The van der Waals surface area contributed by atoms with Crippen LogP contribution in [0, 0.1) is 11.6 Å². The molecule has 0 aliphatic rings. The largest absolute Gasteiger partial charge is 0.459 e. The highest BCUT2D eigenvalue weighted by Gasteiger charge is 2.13. The number of ether oxygens (including phenoxy) is 1. The Morgan fingerprint density at radius 1 is 1.33 bits per heavy atom. The maximum Gasteiger partial charge on any atom is 0.396 e. The molecule has 1 amide bonds. The van der Waals surface area contributed by atoms with Crippen molar-refractivity contribution >= 4 is 11.9 Å². The number of rotatable bonds is 4. The van der Waals surface area contributed by atoms with Crippen molar-refractivity contribution in [1.82, 2.24) is 5.32 Å². The number of hydrogen-bond donors (Lipinski definition) is 1. The first-order valence-corrected chi connectivity index (χ1v) is 5.43. The van der Waals surface area contributed by atoms with E-state index >= 15 is 0 Å². The quantitative estimate of drug-likeness (QED) is 0.651. The number of nitrogens with one attached hydrogen (secondary N) is 1. The van der Waals surface area contributed by atoms with Crippen LogP contribution in [0.3, 0.4) is 0 Å². The Bertz CT molecular complexity index is 449. The highest BCUT2D eigenvalue weighted by Crippen LogP contribution is 2.09. The van der Waals surface area contributed by atoms with Gasteiger partial charge in [-0.25, -0.2) is 13.6 Å². The van der Waals surface area contributed by atoms with Crippen molar-refractivity contribution < 1.29 is 23.1 Å². The molecule has 18 heavy (non-hydrogen) atoms. The van der Waals surface area contributed by atoms with E-state index in [-0.39, 0.29) is 25.1 Å². The van der Waals surface area contributed by atoms with Crippen LogP contribution in [0.15, 0.2) is 18.2 Å². The van der Waals surface area contributed by atoms with Crippen molar-refractivity contribution in [1.29, 1.82) is 0 Å². The molecule has 0 unspecified atom stereocenters. The zero-order valence-corrected chi connectivity index (χ0v) is 9.83. The lowest BCUT2D eigenvalue weighted by Crippen LogP contribution is -2.33. The van der Waals surface area contributed by atoms with Crippen LogP contribution in [0.5, 0.6) is 0 Å². The predicted octanol–water partition coefficient (Wildman–Crippen LogP) is 1.19. The number of carbonyl (C=O) groups excluding carboxylic acids is 2. The minimum absolute atomic E-state index is 0.0696. The van der Waals surface area contributed by atoms with E-state index in [0.29, 0.717) is 0 Å². The summed E-state index contributed by atoms with van der Waals surface area (Å²) in [5.74, 6) is -3.19. The van der Waals surface area contributed by atoms with Crippen molar-refractivity contribution in [2.45, 2.75) is 13.3 Å². The summed E-state index contributed by atoms with van der Waals surface area (Å²) in [5, 5.41) is 2.28. The predicted molar refractivity (Wildman–Crippen MR) is 59.7 cm³/mol. The molecule has 0 fully saturated rings. The number of esters is 1. The highest BCUT2D eigenvalue weighted by molar-refractivity contribution is 6.32. The molecule has 1 aromatic carbocycles. The number of hydrogen-bond acceptors (Lipinski definition) is 3. The van der Waals surface area contributed by atoms with Gasteiger partial charge in [0.05, 0.1) is 6.61 Å². The van der Waals surface area contributed by atoms with Crippen LogP contribution in [0.4, 0.5) is 8.78 Å². The second-order valence-electron chi connectivity index (χ2n) is 3.46. The van der Waals surface area contributed by atoms with Gasteiger partial charge in [0.1, 0.15) is 11.6 Å². The van der Waals surface area contributed by atoms with Crippen LogP contribution in [0.2, 0.25) is 0 Å². The second-order valence-corrected chi connectivity index (χ2v) is 3.46. The van der Waals surface area contributed by atoms with Gasteiger partial charge in [-0.1, -0.05) is 6.07 Å². The molecule has 0 aromatic heterocycles. The number of halogens is 2. The maximum atomic E-state index is 13.2.